The number of rotatable bonds is 3. The summed E-state index contributed by atoms with van der Waals surface area (Å²) in [6, 6.07) is 1.60. The topological polar surface area (TPSA) is 51.8 Å². The van der Waals surface area contributed by atoms with E-state index in [4.69, 9.17) is 5.73 Å². The van der Waals surface area contributed by atoms with Gasteiger partial charge in [0.05, 0.1) is 21.1 Å². The smallest absolute Gasteiger partial charge is 0.145 e. The number of hydrogen-bond acceptors (Lipinski definition) is 4. The van der Waals surface area contributed by atoms with Crippen LogP contribution in [0.25, 0.3) is 0 Å². The summed E-state index contributed by atoms with van der Waals surface area (Å²) in [5.41, 5.74) is 6.45. The molecule has 1 unspecified atom stereocenters. The average molecular weight is 334 g/mol. The second-order valence-corrected chi connectivity index (χ2v) is 5.31. The van der Waals surface area contributed by atoms with Crippen LogP contribution in [0.15, 0.2) is 16.6 Å². The Bertz CT molecular complexity index is 573. The van der Waals surface area contributed by atoms with Crippen molar-refractivity contribution in [3.8, 4) is 0 Å². The average Bonchev–Trinajstić information content (AvgIpc) is 2.82. The van der Waals surface area contributed by atoms with Crippen molar-refractivity contribution < 1.29 is 8.78 Å². The van der Waals surface area contributed by atoms with Gasteiger partial charge in [-0.2, -0.15) is 0 Å². The second-order valence-electron chi connectivity index (χ2n) is 3.67. The van der Waals surface area contributed by atoms with E-state index in [0.29, 0.717) is 17.0 Å². The maximum Gasteiger partial charge on any atom is 0.145 e. The predicted molar refractivity (Wildman–Crippen MR) is 69.4 cm³/mol. The summed E-state index contributed by atoms with van der Waals surface area (Å²) in [6.45, 7) is 1.89. The summed E-state index contributed by atoms with van der Waals surface area (Å²) < 4.78 is 31.6. The van der Waals surface area contributed by atoms with Crippen LogP contribution in [0, 0.1) is 11.6 Å². The number of halogens is 3. The monoisotopic (exact) mass is 333 g/mol. The molecule has 18 heavy (non-hydrogen) atoms. The lowest BCUT2D eigenvalue weighted by Crippen LogP contribution is -2.16. The molecule has 1 aromatic carbocycles. The van der Waals surface area contributed by atoms with Crippen molar-refractivity contribution in [2.45, 2.75) is 19.4 Å². The third-order valence-electron chi connectivity index (χ3n) is 2.59. The van der Waals surface area contributed by atoms with Gasteiger partial charge in [0.2, 0.25) is 0 Å². The van der Waals surface area contributed by atoms with Gasteiger partial charge in [-0.25, -0.2) is 8.78 Å². The quantitative estimate of drug-likeness (QED) is 0.877. The number of aryl methyl sites for hydroxylation is 1. The van der Waals surface area contributed by atoms with Gasteiger partial charge in [-0.3, -0.25) is 0 Å². The molecule has 1 atom stereocenters. The zero-order chi connectivity index (χ0) is 13.3. The van der Waals surface area contributed by atoms with Crippen LogP contribution >= 0.6 is 27.5 Å². The Morgan fingerprint density at radius 1 is 1.44 bits per heavy atom. The van der Waals surface area contributed by atoms with Gasteiger partial charge in [-0.15, -0.1) is 5.10 Å². The molecule has 2 rings (SSSR count). The first-order valence-electron chi connectivity index (χ1n) is 5.26. The Labute approximate surface area is 115 Å². The number of aromatic nitrogens is 2. The summed E-state index contributed by atoms with van der Waals surface area (Å²) in [4.78, 5) is 0.591. The lowest BCUT2D eigenvalue weighted by Gasteiger charge is -2.13. The first-order valence-corrected chi connectivity index (χ1v) is 6.83. The van der Waals surface area contributed by atoms with Crippen molar-refractivity contribution in [1.82, 2.24) is 9.59 Å². The molecule has 0 aliphatic rings. The van der Waals surface area contributed by atoms with E-state index in [9.17, 15) is 8.78 Å². The molecule has 3 nitrogen and oxygen atoms in total. The molecule has 0 aliphatic carbocycles. The van der Waals surface area contributed by atoms with Crippen LogP contribution < -0.4 is 5.73 Å². The van der Waals surface area contributed by atoms with E-state index in [1.54, 1.807) is 0 Å². The molecule has 1 heterocycles. The number of benzene rings is 1. The maximum atomic E-state index is 13.9. The van der Waals surface area contributed by atoms with E-state index in [1.165, 1.54) is 12.1 Å². The molecule has 7 heteroatoms. The lowest BCUT2D eigenvalue weighted by atomic mass is 10.0. The third-order valence-corrected chi connectivity index (χ3v) is 4.05. The number of hydrogen-bond donors (Lipinski definition) is 1. The minimum absolute atomic E-state index is 0.162. The Balaban J connectivity index is 2.52. The van der Waals surface area contributed by atoms with Gasteiger partial charge in [-0.05, 0) is 46.0 Å². The van der Waals surface area contributed by atoms with Crippen molar-refractivity contribution >= 4 is 27.5 Å². The van der Waals surface area contributed by atoms with Gasteiger partial charge in [0.15, 0.2) is 0 Å². The van der Waals surface area contributed by atoms with Gasteiger partial charge in [0, 0.05) is 5.56 Å². The van der Waals surface area contributed by atoms with Crippen LogP contribution in [0.2, 0.25) is 0 Å². The lowest BCUT2D eigenvalue weighted by molar-refractivity contribution is 0.540. The summed E-state index contributed by atoms with van der Waals surface area (Å²) >= 11 is 4.09. The van der Waals surface area contributed by atoms with E-state index in [-0.39, 0.29) is 10.0 Å². The zero-order valence-electron chi connectivity index (χ0n) is 9.45. The van der Waals surface area contributed by atoms with Gasteiger partial charge in [-0.1, -0.05) is 11.4 Å². The number of nitrogens with two attached hydrogens (primary N) is 1. The summed E-state index contributed by atoms with van der Waals surface area (Å²) in [6.07, 6.45) is 0.622. The molecule has 0 amide bonds. The van der Waals surface area contributed by atoms with E-state index in [2.05, 4.69) is 25.5 Å². The Hall–Kier alpha value is -0.920. The second kappa shape index (κ2) is 5.38. The van der Waals surface area contributed by atoms with Crippen LogP contribution in [0.3, 0.4) is 0 Å². The molecule has 1 aromatic heterocycles. The summed E-state index contributed by atoms with van der Waals surface area (Å²) in [5, 5.41) is 3.89. The van der Waals surface area contributed by atoms with E-state index in [1.807, 2.05) is 6.92 Å². The SMILES string of the molecule is CCc1nnsc1C(N)c1c(F)ccc(Br)c1F. The molecule has 0 spiro atoms. The molecule has 0 radical (unpaired) electrons. The van der Waals surface area contributed by atoms with Gasteiger partial charge in [0.25, 0.3) is 0 Å². The Morgan fingerprint density at radius 2 is 2.17 bits per heavy atom. The van der Waals surface area contributed by atoms with Crippen LogP contribution in [0.4, 0.5) is 8.78 Å². The molecule has 2 aromatic rings. The molecule has 0 saturated heterocycles. The van der Waals surface area contributed by atoms with E-state index < -0.39 is 17.7 Å². The fourth-order valence-electron chi connectivity index (χ4n) is 1.66. The first-order chi connectivity index (χ1) is 8.56. The molecular weight excluding hydrogens is 324 g/mol. The Morgan fingerprint density at radius 3 is 2.83 bits per heavy atom. The molecule has 0 bridgehead atoms. The van der Waals surface area contributed by atoms with Crippen LogP contribution in [0.5, 0.6) is 0 Å². The van der Waals surface area contributed by atoms with Crippen LogP contribution in [-0.2, 0) is 6.42 Å². The minimum atomic E-state index is -0.891. The molecule has 0 saturated carbocycles. The fraction of sp³-hybridized carbons (Fsp3) is 0.273. The Kier molecular flexibility index (Phi) is 4.04. The zero-order valence-corrected chi connectivity index (χ0v) is 11.9. The third kappa shape index (κ3) is 2.30. The van der Waals surface area contributed by atoms with Crippen molar-refractivity contribution in [2.24, 2.45) is 5.73 Å². The van der Waals surface area contributed by atoms with Crippen LogP contribution in [0.1, 0.15) is 29.1 Å². The summed E-state index contributed by atoms with van der Waals surface area (Å²) in [7, 11) is 0. The normalized spacial score (nSPS) is 12.7. The number of nitrogens with zero attached hydrogens (tertiary/aromatic N) is 2. The highest BCUT2D eigenvalue weighted by Gasteiger charge is 2.24. The molecule has 0 aliphatic heterocycles. The van der Waals surface area contributed by atoms with E-state index >= 15 is 0 Å². The fourth-order valence-corrected chi connectivity index (χ4v) is 2.75. The van der Waals surface area contributed by atoms with Gasteiger partial charge in [0.1, 0.15) is 11.6 Å². The van der Waals surface area contributed by atoms with Crippen molar-refractivity contribution in [2.75, 3.05) is 0 Å². The van der Waals surface area contributed by atoms with Crippen LogP contribution in [-0.4, -0.2) is 9.59 Å². The largest absolute Gasteiger partial charge is 0.319 e. The minimum Gasteiger partial charge on any atom is -0.319 e. The molecule has 96 valence electrons. The highest BCUT2D eigenvalue weighted by atomic mass is 79.9. The predicted octanol–water partition coefficient (Wildman–Crippen LogP) is 3.19. The first kappa shape index (κ1) is 13.5. The van der Waals surface area contributed by atoms with Crippen molar-refractivity contribution in [1.29, 1.82) is 0 Å². The van der Waals surface area contributed by atoms with Gasteiger partial charge >= 0.3 is 0 Å². The maximum absolute atomic E-state index is 13.9. The highest BCUT2D eigenvalue weighted by molar-refractivity contribution is 9.10. The van der Waals surface area contributed by atoms with E-state index in [0.717, 1.165) is 11.5 Å². The molecule has 0 fully saturated rings. The molecular formula is C11H10BrF2N3S. The standard InChI is InChI=1S/C11H10BrF2N3S/c1-2-7-11(18-17-16-7)10(15)8-6(13)4-3-5(12)9(8)14/h3-4,10H,2,15H2,1H3. The summed E-state index contributed by atoms with van der Waals surface area (Å²) in [5.74, 6) is -1.35. The van der Waals surface area contributed by atoms with Crippen molar-refractivity contribution in [3.63, 3.8) is 0 Å². The van der Waals surface area contributed by atoms with Crippen molar-refractivity contribution in [3.05, 3.63) is 44.4 Å². The van der Waals surface area contributed by atoms with Gasteiger partial charge < -0.3 is 5.73 Å². The highest BCUT2D eigenvalue weighted by Crippen LogP contribution is 2.31. The molecule has 2 N–H and O–H groups in total.